The molecule has 0 fully saturated rings. The molecule has 0 bridgehead atoms. The Kier molecular flexibility index (Phi) is 3.54. The van der Waals surface area contributed by atoms with Gasteiger partial charge in [0.1, 0.15) is 5.82 Å². The van der Waals surface area contributed by atoms with Crippen LogP contribution in [0.2, 0.25) is 0 Å². The Morgan fingerprint density at radius 3 is 2.45 bits per heavy atom. The van der Waals surface area contributed by atoms with Crippen LogP contribution >= 0.6 is 0 Å². The van der Waals surface area contributed by atoms with Crippen molar-refractivity contribution >= 4 is 5.52 Å². The number of aryl methyl sites for hydroxylation is 1. The van der Waals surface area contributed by atoms with Crippen molar-refractivity contribution in [3.63, 3.8) is 0 Å². The summed E-state index contributed by atoms with van der Waals surface area (Å²) in [7, 11) is 0. The summed E-state index contributed by atoms with van der Waals surface area (Å²) in [5.74, 6) is -0.443. The molecule has 0 spiro atoms. The van der Waals surface area contributed by atoms with Crippen LogP contribution in [0.25, 0.3) is 16.6 Å². The first-order valence-corrected chi connectivity index (χ1v) is 7.16. The van der Waals surface area contributed by atoms with E-state index in [1.165, 1.54) is 16.7 Å². The van der Waals surface area contributed by atoms with Gasteiger partial charge in [0.15, 0.2) is 0 Å². The first-order chi connectivity index (χ1) is 10.5. The Hall–Kier alpha value is -2.46. The SMILES string of the molecule is Cc1c([C@H](C)N)c(-c2ccccc2)c(=O)n2cc(F)ccc12. The number of aromatic nitrogens is 1. The standard InChI is InChI=1S/C18H17FN2O/c1-11-15-9-8-14(19)10-21(15)18(22)17(16(11)12(2)20)13-6-4-3-5-7-13/h3-10,12H,20H2,1-2H3/t12-/m0/s1. The minimum atomic E-state index is -0.443. The lowest BCUT2D eigenvalue weighted by Gasteiger charge is -2.18. The summed E-state index contributed by atoms with van der Waals surface area (Å²) in [6.07, 6.45) is 1.22. The van der Waals surface area contributed by atoms with Crippen LogP contribution in [0.4, 0.5) is 4.39 Å². The number of hydrogen-bond donors (Lipinski definition) is 1. The van der Waals surface area contributed by atoms with Gasteiger partial charge < -0.3 is 5.73 Å². The van der Waals surface area contributed by atoms with Gasteiger partial charge in [-0.15, -0.1) is 0 Å². The van der Waals surface area contributed by atoms with Crippen LogP contribution in [0.3, 0.4) is 0 Å². The number of hydrogen-bond acceptors (Lipinski definition) is 2. The average Bonchev–Trinajstić information content (AvgIpc) is 2.51. The molecule has 2 heterocycles. The van der Waals surface area contributed by atoms with Crippen molar-refractivity contribution in [1.29, 1.82) is 0 Å². The third-order valence-corrected chi connectivity index (χ3v) is 3.92. The van der Waals surface area contributed by atoms with Gasteiger partial charge in [-0.1, -0.05) is 30.3 Å². The molecule has 0 aliphatic heterocycles. The lowest BCUT2D eigenvalue weighted by molar-refractivity contribution is 0.618. The lowest BCUT2D eigenvalue weighted by atomic mass is 9.92. The second-order valence-electron chi connectivity index (χ2n) is 5.48. The molecule has 0 unspecified atom stereocenters. The lowest BCUT2D eigenvalue weighted by Crippen LogP contribution is -2.23. The van der Waals surface area contributed by atoms with Gasteiger partial charge in [0, 0.05) is 12.2 Å². The third-order valence-electron chi connectivity index (χ3n) is 3.92. The summed E-state index contributed by atoms with van der Waals surface area (Å²) in [5, 5.41) is 0. The summed E-state index contributed by atoms with van der Waals surface area (Å²) in [4.78, 5) is 12.9. The van der Waals surface area contributed by atoms with Crippen LogP contribution < -0.4 is 11.3 Å². The average molecular weight is 296 g/mol. The quantitative estimate of drug-likeness (QED) is 0.787. The number of benzene rings is 1. The van der Waals surface area contributed by atoms with Gasteiger partial charge in [-0.05, 0) is 42.7 Å². The highest BCUT2D eigenvalue weighted by Crippen LogP contribution is 2.29. The molecule has 3 rings (SSSR count). The molecule has 0 saturated heterocycles. The van der Waals surface area contributed by atoms with Crippen LogP contribution in [-0.4, -0.2) is 4.40 Å². The van der Waals surface area contributed by atoms with Crippen molar-refractivity contribution in [2.24, 2.45) is 5.73 Å². The highest BCUT2D eigenvalue weighted by molar-refractivity contribution is 5.73. The van der Waals surface area contributed by atoms with E-state index in [0.717, 1.165) is 16.7 Å². The zero-order valence-electron chi connectivity index (χ0n) is 12.5. The zero-order valence-corrected chi connectivity index (χ0v) is 12.5. The number of pyridine rings is 2. The fourth-order valence-corrected chi connectivity index (χ4v) is 2.96. The van der Waals surface area contributed by atoms with Crippen LogP contribution in [-0.2, 0) is 0 Å². The van der Waals surface area contributed by atoms with Crippen molar-refractivity contribution in [2.45, 2.75) is 19.9 Å². The Balaban J connectivity index is 2.52. The monoisotopic (exact) mass is 296 g/mol. The predicted octanol–water partition coefficient (Wildman–Crippen LogP) is 3.43. The van der Waals surface area contributed by atoms with Crippen molar-refractivity contribution in [3.05, 3.63) is 76.0 Å². The summed E-state index contributed by atoms with van der Waals surface area (Å²) < 4.78 is 14.9. The number of rotatable bonds is 2. The molecule has 0 saturated carbocycles. The van der Waals surface area contributed by atoms with E-state index >= 15 is 0 Å². The number of nitrogens with zero attached hydrogens (tertiary/aromatic N) is 1. The van der Waals surface area contributed by atoms with Gasteiger partial charge >= 0.3 is 0 Å². The van der Waals surface area contributed by atoms with Crippen LogP contribution in [0.15, 0.2) is 53.5 Å². The topological polar surface area (TPSA) is 47.5 Å². The molecule has 112 valence electrons. The first-order valence-electron chi connectivity index (χ1n) is 7.16. The molecule has 22 heavy (non-hydrogen) atoms. The first kappa shape index (κ1) is 14.5. The van der Waals surface area contributed by atoms with E-state index in [-0.39, 0.29) is 11.6 Å². The largest absolute Gasteiger partial charge is 0.324 e. The van der Waals surface area contributed by atoms with E-state index in [1.807, 2.05) is 44.2 Å². The molecule has 0 radical (unpaired) electrons. The maximum atomic E-state index is 13.6. The summed E-state index contributed by atoms with van der Waals surface area (Å²) in [6, 6.07) is 12.0. The van der Waals surface area contributed by atoms with Gasteiger partial charge in [-0.25, -0.2) is 4.39 Å². The van der Waals surface area contributed by atoms with Crippen molar-refractivity contribution in [1.82, 2.24) is 4.40 Å². The molecule has 0 aliphatic carbocycles. The maximum Gasteiger partial charge on any atom is 0.263 e. The molecule has 2 N–H and O–H groups in total. The molecule has 3 aromatic rings. The van der Waals surface area contributed by atoms with E-state index < -0.39 is 5.82 Å². The maximum absolute atomic E-state index is 13.6. The second kappa shape index (κ2) is 5.39. The van der Waals surface area contributed by atoms with Gasteiger partial charge in [-0.2, -0.15) is 0 Å². The molecule has 1 aromatic carbocycles. The minimum Gasteiger partial charge on any atom is -0.324 e. The molecular formula is C18H17FN2O. The van der Waals surface area contributed by atoms with E-state index in [9.17, 15) is 9.18 Å². The van der Waals surface area contributed by atoms with Gasteiger partial charge in [0.2, 0.25) is 0 Å². The van der Waals surface area contributed by atoms with Crippen LogP contribution in [0, 0.1) is 12.7 Å². The smallest absolute Gasteiger partial charge is 0.263 e. The molecule has 4 heteroatoms. The number of nitrogens with two attached hydrogens (primary N) is 1. The van der Waals surface area contributed by atoms with Gasteiger partial charge in [-0.3, -0.25) is 9.20 Å². The normalized spacial score (nSPS) is 12.5. The summed E-state index contributed by atoms with van der Waals surface area (Å²) in [5.41, 5.74) is 9.58. The fourth-order valence-electron chi connectivity index (χ4n) is 2.96. The molecular weight excluding hydrogens is 279 g/mol. The van der Waals surface area contributed by atoms with Crippen LogP contribution in [0.1, 0.15) is 24.1 Å². The Morgan fingerprint density at radius 2 is 1.82 bits per heavy atom. The zero-order chi connectivity index (χ0) is 15.9. The fraction of sp³-hybridized carbons (Fsp3) is 0.167. The van der Waals surface area contributed by atoms with Gasteiger partial charge in [0.25, 0.3) is 5.56 Å². The molecule has 0 amide bonds. The minimum absolute atomic E-state index is 0.251. The van der Waals surface area contributed by atoms with E-state index in [1.54, 1.807) is 6.07 Å². The van der Waals surface area contributed by atoms with E-state index in [4.69, 9.17) is 5.73 Å². The Bertz CT molecular complexity index is 898. The van der Waals surface area contributed by atoms with E-state index in [2.05, 4.69) is 0 Å². The van der Waals surface area contributed by atoms with Crippen molar-refractivity contribution < 1.29 is 4.39 Å². The van der Waals surface area contributed by atoms with Crippen molar-refractivity contribution in [3.8, 4) is 11.1 Å². The predicted molar refractivity (Wildman–Crippen MR) is 86.4 cm³/mol. The molecule has 3 nitrogen and oxygen atoms in total. The summed E-state index contributed by atoms with van der Waals surface area (Å²) >= 11 is 0. The second-order valence-corrected chi connectivity index (χ2v) is 5.48. The van der Waals surface area contributed by atoms with Crippen LogP contribution in [0.5, 0.6) is 0 Å². The number of fused-ring (bicyclic) bond motifs is 1. The summed E-state index contributed by atoms with van der Waals surface area (Å²) in [6.45, 7) is 3.77. The highest BCUT2D eigenvalue weighted by atomic mass is 19.1. The highest BCUT2D eigenvalue weighted by Gasteiger charge is 2.19. The molecule has 2 aromatic heterocycles. The third kappa shape index (κ3) is 2.22. The Morgan fingerprint density at radius 1 is 1.14 bits per heavy atom. The Labute approximate surface area is 127 Å². The molecule has 0 aliphatic rings. The van der Waals surface area contributed by atoms with E-state index in [0.29, 0.717) is 11.1 Å². The molecule has 1 atom stereocenters. The van der Waals surface area contributed by atoms with Gasteiger partial charge in [0.05, 0.1) is 11.1 Å². The van der Waals surface area contributed by atoms with Crippen molar-refractivity contribution in [2.75, 3.05) is 0 Å². The number of halogens is 1.